The minimum Gasteiger partial charge on any atom is -0.268 e. The number of hydrogen-bond donors (Lipinski definition) is 0. The van der Waals surface area contributed by atoms with Gasteiger partial charge in [0.2, 0.25) is 0 Å². The van der Waals surface area contributed by atoms with Gasteiger partial charge in [-0.3, -0.25) is 9.36 Å². The zero-order valence-electron chi connectivity index (χ0n) is 14.4. The zero-order chi connectivity index (χ0) is 19.7. The van der Waals surface area contributed by atoms with Gasteiger partial charge >= 0.3 is 0 Å². The molecule has 3 nitrogen and oxygen atoms in total. The number of aromatic nitrogens is 2. The van der Waals surface area contributed by atoms with E-state index < -0.39 is 11.6 Å². The molecule has 0 aliphatic carbocycles. The standard InChI is InChI=1S/C22H13ClF2N2O/c23-17-13-15(24)10-11-20(17)27-21(12-9-14-5-1-3-7-18(14)25)26-19-8-4-2-6-16(19)22(27)28/h1-13H/b12-9-. The molecule has 0 aliphatic rings. The molecule has 0 aliphatic heterocycles. The molecule has 1 heterocycles. The van der Waals surface area contributed by atoms with Gasteiger partial charge in [0.15, 0.2) is 0 Å². The van der Waals surface area contributed by atoms with Crippen LogP contribution in [-0.4, -0.2) is 9.55 Å². The molecule has 6 heteroatoms. The van der Waals surface area contributed by atoms with Crippen LogP contribution in [0.15, 0.2) is 71.5 Å². The second kappa shape index (κ2) is 7.37. The first kappa shape index (κ1) is 18.1. The third-order valence-electron chi connectivity index (χ3n) is 4.27. The van der Waals surface area contributed by atoms with Gasteiger partial charge in [0.25, 0.3) is 5.56 Å². The lowest BCUT2D eigenvalue weighted by atomic mass is 10.2. The molecule has 0 bridgehead atoms. The average molecular weight is 395 g/mol. The van der Waals surface area contributed by atoms with E-state index >= 15 is 0 Å². The highest BCUT2D eigenvalue weighted by molar-refractivity contribution is 6.32. The van der Waals surface area contributed by atoms with Crippen molar-refractivity contribution in [2.75, 3.05) is 0 Å². The Hall–Kier alpha value is -3.31. The van der Waals surface area contributed by atoms with Gasteiger partial charge in [-0.05, 0) is 48.6 Å². The Bertz CT molecular complexity index is 1280. The average Bonchev–Trinajstić information content (AvgIpc) is 2.68. The number of hydrogen-bond acceptors (Lipinski definition) is 2. The molecule has 3 aromatic carbocycles. The van der Waals surface area contributed by atoms with E-state index in [4.69, 9.17) is 11.6 Å². The van der Waals surface area contributed by atoms with Gasteiger partial charge in [-0.2, -0.15) is 0 Å². The van der Waals surface area contributed by atoms with E-state index in [1.165, 1.54) is 34.9 Å². The smallest absolute Gasteiger partial charge is 0.266 e. The maximum atomic E-state index is 14.0. The zero-order valence-corrected chi connectivity index (χ0v) is 15.2. The maximum absolute atomic E-state index is 14.0. The molecule has 0 atom stereocenters. The van der Waals surface area contributed by atoms with Crippen molar-refractivity contribution in [3.05, 3.63) is 105 Å². The topological polar surface area (TPSA) is 34.9 Å². The molecule has 0 N–H and O–H groups in total. The fourth-order valence-corrected chi connectivity index (χ4v) is 3.18. The summed E-state index contributed by atoms with van der Waals surface area (Å²) in [6.45, 7) is 0. The lowest BCUT2D eigenvalue weighted by Gasteiger charge is -2.13. The largest absolute Gasteiger partial charge is 0.268 e. The number of para-hydroxylation sites is 1. The van der Waals surface area contributed by atoms with Crippen LogP contribution >= 0.6 is 11.6 Å². The predicted molar refractivity (Wildman–Crippen MR) is 108 cm³/mol. The van der Waals surface area contributed by atoms with Crippen molar-refractivity contribution in [2.45, 2.75) is 0 Å². The normalized spacial score (nSPS) is 11.4. The Morgan fingerprint density at radius 3 is 2.46 bits per heavy atom. The summed E-state index contributed by atoms with van der Waals surface area (Å²) in [6, 6.07) is 16.9. The molecule has 1 aromatic heterocycles. The summed E-state index contributed by atoms with van der Waals surface area (Å²) >= 11 is 6.19. The molecular weight excluding hydrogens is 382 g/mol. The Morgan fingerprint density at radius 2 is 1.68 bits per heavy atom. The van der Waals surface area contributed by atoms with Crippen LogP contribution in [0.5, 0.6) is 0 Å². The number of halogens is 3. The van der Waals surface area contributed by atoms with Crippen LogP contribution in [-0.2, 0) is 0 Å². The number of nitrogens with zero attached hydrogens (tertiary/aromatic N) is 2. The Kier molecular flexibility index (Phi) is 4.75. The SMILES string of the molecule is O=c1c2ccccc2nc(/C=C\c2ccccc2F)n1-c1ccc(F)cc1Cl. The van der Waals surface area contributed by atoms with E-state index in [0.717, 1.165) is 6.07 Å². The van der Waals surface area contributed by atoms with Gasteiger partial charge in [-0.15, -0.1) is 0 Å². The van der Waals surface area contributed by atoms with Crippen LogP contribution in [0.4, 0.5) is 8.78 Å². The van der Waals surface area contributed by atoms with E-state index in [1.807, 2.05) is 0 Å². The van der Waals surface area contributed by atoms with Gasteiger partial charge in [-0.25, -0.2) is 13.8 Å². The summed E-state index contributed by atoms with van der Waals surface area (Å²) in [6.07, 6.45) is 3.06. The van der Waals surface area contributed by atoms with Crippen molar-refractivity contribution >= 4 is 34.7 Å². The van der Waals surface area contributed by atoms with Crippen LogP contribution in [0.2, 0.25) is 5.02 Å². The minimum atomic E-state index is -0.515. The highest BCUT2D eigenvalue weighted by Crippen LogP contribution is 2.23. The maximum Gasteiger partial charge on any atom is 0.266 e. The van der Waals surface area contributed by atoms with Crippen molar-refractivity contribution in [1.29, 1.82) is 0 Å². The van der Waals surface area contributed by atoms with Crippen LogP contribution in [0, 0.1) is 11.6 Å². The predicted octanol–water partition coefficient (Wildman–Crippen LogP) is 5.49. The summed E-state index contributed by atoms with van der Waals surface area (Å²) < 4.78 is 28.7. The molecule has 0 radical (unpaired) electrons. The lowest BCUT2D eigenvalue weighted by molar-refractivity contribution is 0.625. The van der Waals surface area contributed by atoms with E-state index in [0.29, 0.717) is 22.2 Å². The number of rotatable bonds is 3. The van der Waals surface area contributed by atoms with Crippen molar-refractivity contribution in [3.8, 4) is 5.69 Å². The minimum absolute atomic E-state index is 0.0692. The molecule has 138 valence electrons. The van der Waals surface area contributed by atoms with Crippen molar-refractivity contribution in [2.24, 2.45) is 0 Å². The number of benzene rings is 3. The van der Waals surface area contributed by atoms with Gasteiger partial charge in [0.1, 0.15) is 17.5 Å². The first-order chi connectivity index (χ1) is 13.5. The first-order valence-corrected chi connectivity index (χ1v) is 8.82. The van der Waals surface area contributed by atoms with E-state index in [1.54, 1.807) is 42.5 Å². The summed E-state index contributed by atoms with van der Waals surface area (Å²) in [5, 5.41) is 0.464. The van der Waals surface area contributed by atoms with Gasteiger partial charge in [0, 0.05) is 5.56 Å². The quantitative estimate of drug-likeness (QED) is 0.460. The molecule has 28 heavy (non-hydrogen) atoms. The molecule has 0 fully saturated rings. The fraction of sp³-hybridized carbons (Fsp3) is 0. The summed E-state index contributed by atoms with van der Waals surface area (Å²) in [5.41, 5.74) is 0.781. The van der Waals surface area contributed by atoms with Crippen molar-refractivity contribution in [3.63, 3.8) is 0 Å². The molecule has 0 saturated heterocycles. The molecule has 4 aromatic rings. The Labute approximate surface area is 164 Å². The highest BCUT2D eigenvalue weighted by atomic mass is 35.5. The summed E-state index contributed by atoms with van der Waals surface area (Å²) in [5.74, 6) is -0.660. The van der Waals surface area contributed by atoms with E-state index in [-0.39, 0.29) is 16.4 Å². The Morgan fingerprint density at radius 1 is 0.929 bits per heavy atom. The molecule has 0 saturated carbocycles. The van der Waals surface area contributed by atoms with Gasteiger partial charge < -0.3 is 0 Å². The molecule has 0 amide bonds. The highest BCUT2D eigenvalue weighted by Gasteiger charge is 2.14. The first-order valence-electron chi connectivity index (χ1n) is 8.44. The molecule has 0 spiro atoms. The van der Waals surface area contributed by atoms with E-state index in [9.17, 15) is 13.6 Å². The second-order valence-electron chi connectivity index (χ2n) is 6.08. The summed E-state index contributed by atoms with van der Waals surface area (Å²) in [7, 11) is 0. The van der Waals surface area contributed by atoms with Crippen molar-refractivity contribution in [1.82, 2.24) is 9.55 Å². The fourth-order valence-electron chi connectivity index (χ4n) is 2.93. The monoisotopic (exact) mass is 394 g/mol. The third kappa shape index (κ3) is 3.32. The summed E-state index contributed by atoms with van der Waals surface area (Å²) in [4.78, 5) is 17.6. The van der Waals surface area contributed by atoms with Crippen LogP contribution in [0.3, 0.4) is 0 Å². The van der Waals surface area contributed by atoms with Crippen LogP contribution in [0.1, 0.15) is 11.4 Å². The molecular formula is C22H13ClF2N2O. The van der Waals surface area contributed by atoms with Crippen LogP contribution in [0.25, 0.3) is 28.7 Å². The van der Waals surface area contributed by atoms with Gasteiger partial charge in [-0.1, -0.05) is 41.9 Å². The second-order valence-corrected chi connectivity index (χ2v) is 6.49. The molecule has 0 unspecified atom stereocenters. The van der Waals surface area contributed by atoms with Gasteiger partial charge in [0.05, 0.1) is 21.6 Å². The molecule has 4 rings (SSSR count). The Balaban J connectivity index is 1.99. The van der Waals surface area contributed by atoms with E-state index in [2.05, 4.69) is 4.98 Å². The van der Waals surface area contributed by atoms with Crippen molar-refractivity contribution < 1.29 is 8.78 Å². The third-order valence-corrected chi connectivity index (χ3v) is 4.57. The lowest BCUT2D eigenvalue weighted by Crippen LogP contribution is -2.22. The number of fused-ring (bicyclic) bond motifs is 1. The van der Waals surface area contributed by atoms with Crippen LogP contribution < -0.4 is 5.56 Å².